The van der Waals surface area contributed by atoms with E-state index < -0.39 is 6.10 Å². The number of hydrogen-bond acceptors (Lipinski definition) is 4. The van der Waals surface area contributed by atoms with Gasteiger partial charge in [0.25, 0.3) is 5.91 Å². The molecule has 1 aliphatic heterocycles. The van der Waals surface area contributed by atoms with Crippen molar-refractivity contribution in [2.24, 2.45) is 5.92 Å². The van der Waals surface area contributed by atoms with Crippen molar-refractivity contribution >= 4 is 5.91 Å². The van der Waals surface area contributed by atoms with Gasteiger partial charge in [0.1, 0.15) is 5.69 Å². The van der Waals surface area contributed by atoms with Gasteiger partial charge in [-0.05, 0) is 24.6 Å². The number of β-amino-alcohol motifs (C(OH)–C–C–N with tert-alkyl or cyclic N) is 1. The van der Waals surface area contributed by atoms with Crippen LogP contribution in [0.15, 0.2) is 24.4 Å². The van der Waals surface area contributed by atoms with Crippen molar-refractivity contribution in [3.05, 3.63) is 30.1 Å². The van der Waals surface area contributed by atoms with E-state index in [1.807, 2.05) is 0 Å². The number of pyridine rings is 1. The normalized spacial score (nSPS) is 28.1. The first-order chi connectivity index (χ1) is 9.11. The summed E-state index contributed by atoms with van der Waals surface area (Å²) in [4.78, 5) is 18.3. The van der Waals surface area contributed by atoms with E-state index >= 15 is 0 Å². The molecule has 2 rings (SSSR count). The molecule has 0 radical (unpaired) electrons. The van der Waals surface area contributed by atoms with Crippen LogP contribution < -0.4 is 5.32 Å². The molecule has 1 aliphatic rings. The molecular formula is C14H21N3O2. The third-order valence-corrected chi connectivity index (χ3v) is 3.66. The molecule has 0 saturated carbocycles. The highest BCUT2D eigenvalue weighted by molar-refractivity contribution is 5.92. The van der Waals surface area contributed by atoms with Crippen LogP contribution in [0.3, 0.4) is 0 Å². The average Bonchev–Trinajstić information content (AvgIpc) is 2.43. The summed E-state index contributed by atoms with van der Waals surface area (Å²) < 4.78 is 0. The van der Waals surface area contributed by atoms with Gasteiger partial charge >= 0.3 is 0 Å². The number of aliphatic hydroxyl groups is 1. The predicted octanol–water partition coefficient (Wildman–Crippen LogP) is 0.512. The molecular weight excluding hydrogens is 242 g/mol. The summed E-state index contributed by atoms with van der Waals surface area (Å²) in [7, 11) is 0. The number of amides is 1. The zero-order valence-electron chi connectivity index (χ0n) is 11.4. The van der Waals surface area contributed by atoms with Gasteiger partial charge in [0.15, 0.2) is 0 Å². The van der Waals surface area contributed by atoms with Gasteiger partial charge in [0, 0.05) is 19.3 Å². The van der Waals surface area contributed by atoms with Gasteiger partial charge in [-0.3, -0.25) is 9.78 Å². The topological polar surface area (TPSA) is 65.5 Å². The summed E-state index contributed by atoms with van der Waals surface area (Å²) >= 11 is 0. The SMILES string of the molecule is CCN1CC(C)C(NC(=O)c2ccccn2)C(O)C1. The molecule has 19 heavy (non-hydrogen) atoms. The molecule has 104 valence electrons. The Labute approximate surface area is 113 Å². The fraction of sp³-hybridized carbons (Fsp3) is 0.571. The highest BCUT2D eigenvalue weighted by Gasteiger charge is 2.34. The van der Waals surface area contributed by atoms with Crippen LogP contribution in [-0.4, -0.2) is 52.7 Å². The van der Waals surface area contributed by atoms with Gasteiger partial charge in [0.05, 0.1) is 12.1 Å². The van der Waals surface area contributed by atoms with Crippen molar-refractivity contribution in [2.75, 3.05) is 19.6 Å². The number of piperidine rings is 1. The predicted molar refractivity (Wildman–Crippen MR) is 72.8 cm³/mol. The molecule has 2 heterocycles. The van der Waals surface area contributed by atoms with Crippen molar-refractivity contribution < 1.29 is 9.90 Å². The zero-order chi connectivity index (χ0) is 13.8. The lowest BCUT2D eigenvalue weighted by atomic mass is 9.91. The number of nitrogens with one attached hydrogen (secondary N) is 1. The molecule has 1 saturated heterocycles. The van der Waals surface area contributed by atoms with E-state index in [0.717, 1.165) is 13.1 Å². The second-order valence-corrected chi connectivity index (χ2v) is 5.11. The first-order valence-corrected chi connectivity index (χ1v) is 6.74. The Hall–Kier alpha value is -1.46. The fourth-order valence-corrected chi connectivity index (χ4v) is 2.57. The number of likely N-dealkylation sites (tertiary alicyclic amines) is 1. The summed E-state index contributed by atoms with van der Waals surface area (Å²) in [6.45, 7) is 6.54. The largest absolute Gasteiger partial charge is 0.390 e. The molecule has 3 atom stereocenters. The van der Waals surface area contributed by atoms with Crippen LogP contribution in [-0.2, 0) is 0 Å². The van der Waals surface area contributed by atoms with E-state index in [-0.39, 0.29) is 17.9 Å². The van der Waals surface area contributed by atoms with Crippen LogP contribution in [0.5, 0.6) is 0 Å². The van der Waals surface area contributed by atoms with Crippen molar-refractivity contribution in [2.45, 2.75) is 26.0 Å². The van der Waals surface area contributed by atoms with Gasteiger partial charge in [0.2, 0.25) is 0 Å². The first-order valence-electron chi connectivity index (χ1n) is 6.74. The van der Waals surface area contributed by atoms with Gasteiger partial charge in [-0.15, -0.1) is 0 Å². The smallest absolute Gasteiger partial charge is 0.270 e. The number of aromatic nitrogens is 1. The molecule has 0 aliphatic carbocycles. The summed E-state index contributed by atoms with van der Waals surface area (Å²) in [6.07, 6.45) is 1.06. The van der Waals surface area contributed by atoms with E-state index in [1.165, 1.54) is 0 Å². The fourth-order valence-electron chi connectivity index (χ4n) is 2.57. The maximum atomic E-state index is 12.1. The maximum Gasteiger partial charge on any atom is 0.270 e. The van der Waals surface area contributed by atoms with Crippen LogP contribution in [0, 0.1) is 5.92 Å². The monoisotopic (exact) mass is 263 g/mol. The maximum absolute atomic E-state index is 12.1. The van der Waals surface area contributed by atoms with Crippen LogP contribution >= 0.6 is 0 Å². The molecule has 1 aromatic heterocycles. The second-order valence-electron chi connectivity index (χ2n) is 5.11. The number of nitrogens with zero attached hydrogens (tertiary/aromatic N) is 2. The minimum absolute atomic E-state index is 0.211. The third-order valence-electron chi connectivity index (χ3n) is 3.66. The number of aliphatic hydroxyl groups excluding tert-OH is 1. The van der Waals surface area contributed by atoms with Crippen LogP contribution in [0.2, 0.25) is 0 Å². The number of rotatable bonds is 3. The highest BCUT2D eigenvalue weighted by atomic mass is 16.3. The van der Waals surface area contributed by atoms with Crippen molar-refractivity contribution in [3.63, 3.8) is 0 Å². The Kier molecular flexibility index (Phi) is 4.50. The van der Waals surface area contributed by atoms with Crippen molar-refractivity contribution in [1.82, 2.24) is 15.2 Å². The van der Waals surface area contributed by atoms with Crippen molar-refractivity contribution in [1.29, 1.82) is 0 Å². The molecule has 0 spiro atoms. The molecule has 1 fully saturated rings. The third kappa shape index (κ3) is 3.30. The lowest BCUT2D eigenvalue weighted by Gasteiger charge is -2.40. The number of carbonyl (C=O) groups is 1. The minimum Gasteiger partial charge on any atom is -0.390 e. The Morgan fingerprint density at radius 3 is 2.89 bits per heavy atom. The van der Waals surface area contributed by atoms with E-state index in [9.17, 15) is 9.90 Å². The number of carbonyl (C=O) groups excluding carboxylic acids is 1. The van der Waals surface area contributed by atoms with Crippen LogP contribution in [0.1, 0.15) is 24.3 Å². The summed E-state index contributed by atoms with van der Waals surface area (Å²) in [5, 5.41) is 13.1. The second kappa shape index (κ2) is 6.12. The molecule has 0 aromatic carbocycles. The highest BCUT2D eigenvalue weighted by Crippen LogP contribution is 2.17. The van der Waals surface area contributed by atoms with Gasteiger partial charge < -0.3 is 15.3 Å². The van der Waals surface area contributed by atoms with Crippen LogP contribution in [0.25, 0.3) is 0 Å². The van der Waals surface area contributed by atoms with E-state index in [2.05, 4.69) is 29.0 Å². The lowest BCUT2D eigenvalue weighted by molar-refractivity contribution is 0.0140. The first kappa shape index (κ1) is 14.0. The summed E-state index contributed by atoms with van der Waals surface area (Å²) in [6, 6.07) is 5.01. The molecule has 5 heteroatoms. The average molecular weight is 263 g/mol. The van der Waals surface area contributed by atoms with E-state index in [4.69, 9.17) is 0 Å². The Bertz CT molecular complexity index is 412. The number of likely N-dealkylation sites (N-methyl/N-ethyl adjacent to an activating group) is 1. The lowest BCUT2D eigenvalue weighted by Crippen LogP contribution is -2.58. The standard InChI is InChI=1S/C14H21N3O2/c1-3-17-8-10(2)13(12(18)9-17)16-14(19)11-6-4-5-7-15-11/h4-7,10,12-13,18H,3,8-9H2,1-2H3,(H,16,19). The van der Waals surface area contributed by atoms with Gasteiger partial charge in [-0.1, -0.05) is 19.9 Å². The molecule has 2 N–H and O–H groups in total. The van der Waals surface area contributed by atoms with E-state index in [1.54, 1.807) is 24.4 Å². The molecule has 1 amide bonds. The Morgan fingerprint density at radius 2 is 2.32 bits per heavy atom. The van der Waals surface area contributed by atoms with Crippen LogP contribution in [0.4, 0.5) is 0 Å². The quantitative estimate of drug-likeness (QED) is 0.834. The summed E-state index contributed by atoms with van der Waals surface area (Å²) in [5.74, 6) is -0.00203. The Balaban J connectivity index is 2.01. The molecule has 3 unspecified atom stereocenters. The Morgan fingerprint density at radius 1 is 1.53 bits per heavy atom. The molecule has 1 aromatic rings. The molecule has 0 bridgehead atoms. The van der Waals surface area contributed by atoms with Gasteiger partial charge in [-0.2, -0.15) is 0 Å². The zero-order valence-corrected chi connectivity index (χ0v) is 11.4. The van der Waals surface area contributed by atoms with Crippen molar-refractivity contribution in [3.8, 4) is 0 Å². The van der Waals surface area contributed by atoms with E-state index in [0.29, 0.717) is 12.2 Å². The molecule has 5 nitrogen and oxygen atoms in total. The summed E-state index contributed by atoms with van der Waals surface area (Å²) in [5.41, 5.74) is 0.389. The minimum atomic E-state index is -0.531. The van der Waals surface area contributed by atoms with Gasteiger partial charge in [-0.25, -0.2) is 0 Å². The number of hydrogen-bond donors (Lipinski definition) is 2.